The molecule has 0 amide bonds. The van der Waals surface area contributed by atoms with Crippen LogP contribution in [0.4, 0.5) is 0 Å². The van der Waals surface area contributed by atoms with Crippen LogP contribution in [0.3, 0.4) is 0 Å². The lowest BCUT2D eigenvalue weighted by molar-refractivity contribution is -0.139. The molecule has 0 aromatic carbocycles. The lowest BCUT2D eigenvalue weighted by Gasteiger charge is -2.27. The molecular weight excluding hydrogens is 202 g/mol. The van der Waals surface area contributed by atoms with E-state index >= 15 is 0 Å². The number of ether oxygens (including phenoxy) is 1. The fourth-order valence-electron chi connectivity index (χ4n) is 3.44. The average Bonchev–Trinajstić information content (AvgIpc) is 2.85. The highest BCUT2D eigenvalue weighted by molar-refractivity contribution is 5.81. The van der Waals surface area contributed by atoms with Crippen molar-refractivity contribution in [3.05, 3.63) is 12.7 Å². The summed E-state index contributed by atoms with van der Waals surface area (Å²) in [5, 5.41) is 8.75. The Morgan fingerprint density at radius 1 is 1.44 bits per heavy atom. The number of hydrogen-bond donors (Lipinski definition) is 0. The van der Waals surface area contributed by atoms with Crippen LogP contribution in [0.5, 0.6) is 0 Å². The normalized spacial score (nSPS) is 35.7. The van der Waals surface area contributed by atoms with Crippen molar-refractivity contribution < 1.29 is 9.53 Å². The van der Waals surface area contributed by atoms with Crippen molar-refractivity contribution in [3.63, 3.8) is 0 Å². The van der Waals surface area contributed by atoms with E-state index in [-0.39, 0.29) is 5.97 Å². The Morgan fingerprint density at radius 2 is 2.19 bits per heavy atom. The second kappa shape index (κ2) is 4.69. The predicted molar refractivity (Wildman–Crippen MR) is 59.2 cm³/mol. The maximum atomic E-state index is 11.0. The minimum atomic E-state index is -0.334. The first-order valence-electron chi connectivity index (χ1n) is 5.90. The predicted octanol–water partition coefficient (Wildman–Crippen LogP) is 2.29. The number of carbonyl (C=O) groups is 1. The number of rotatable bonds is 4. The molecule has 2 aliphatic rings. The van der Waals surface area contributed by atoms with Gasteiger partial charge in [-0.2, -0.15) is 5.26 Å². The van der Waals surface area contributed by atoms with Gasteiger partial charge in [-0.1, -0.05) is 6.58 Å². The summed E-state index contributed by atoms with van der Waals surface area (Å²) in [6.07, 6.45) is 5.46. The third-order valence-electron chi connectivity index (χ3n) is 4.05. The topological polar surface area (TPSA) is 50.1 Å². The smallest absolute Gasteiger partial charge is 0.330 e. The van der Waals surface area contributed by atoms with E-state index in [1.165, 1.54) is 18.9 Å². The maximum Gasteiger partial charge on any atom is 0.330 e. The third kappa shape index (κ3) is 2.11. The van der Waals surface area contributed by atoms with E-state index in [1.807, 2.05) is 0 Å². The summed E-state index contributed by atoms with van der Waals surface area (Å²) < 4.78 is 5.11. The maximum absolute atomic E-state index is 11.0. The van der Waals surface area contributed by atoms with Gasteiger partial charge < -0.3 is 4.74 Å². The van der Waals surface area contributed by atoms with Gasteiger partial charge in [0.05, 0.1) is 12.7 Å². The molecule has 16 heavy (non-hydrogen) atoms. The minimum absolute atomic E-state index is 0.334. The number of fused-ring (bicyclic) bond motifs is 2. The van der Waals surface area contributed by atoms with Crippen LogP contribution in [0, 0.1) is 35.0 Å². The second-order valence-electron chi connectivity index (χ2n) is 4.95. The molecule has 0 N–H and O–H groups in total. The molecule has 0 spiro atoms. The molecule has 0 aliphatic heterocycles. The average molecular weight is 219 g/mol. The van der Waals surface area contributed by atoms with Gasteiger partial charge in [0.15, 0.2) is 0 Å². The zero-order valence-corrected chi connectivity index (χ0v) is 9.39. The van der Waals surface area contributed by atoms with Gasteiger partial charge in [0.25, 0.3) is 0 Å². The summed E-state index contributed by atoms with van der Waals surface area (Å²) in [6, 6.07) is 2.27. The van der Waals surface area contributed by atoms with Gasteiger partial charge in [0, 0.05) is 12.5 Å². The van der Waals surface area contributed by atoms with E-state index in [4.69, 9.17) is 10.00 Å². The Balaban J connectivity index is 1.86. The first-order valence-corrected chi connectivity index (χ1v) is 5.90. The first-order chi connectivity index (χ1) is 7.74. The molecule has 0 aromatic rings. The van der Waals surface area contributed by atoms with Crippen molar-refractivity contribution in [2.75, 3.05) is 6.61 Å². The molecule has 0 aromatic heterocycles. The molecule has 3 nitrogen and oxygen atoms in total. The van der Waals surface area contributed by atoms with Crippen LogP contribution in [0.25, 0.3) is 0 Å². The van der Waals surface area contributed by atoms with E-state index in [1.54, 1.807) is 0 Å². The molecule has 4 atom stereocenters. The fraction of sp³-hybridized carbons (Fsp3) is 0.692. The third-order valence-corrected chi connectivity index (χ3v) is 4.05. The Hall–Kier alpha value is -1.30. The molecule has 86 valence electrons. The highest BCUT2D eigenvalue weighted by atomic mass is 16.5. The van der Waals surface area contributed by atoms with Gasteiger partial charge in [-0.05, 0) is 42.9 Å². The molecule has 0 saturated heterocycles. The molecule has 3 heteroatoms. The number of hydrogen-bond acceptors (Lipinski definition) is 3. The molecular formula is C13H17NO2. The zero-order chi connectivity index (χ0) is 11.5. The van der Waals surface area contributed by atoms with E-state index in [9.17, 15) is 4.79 Å². The molecule has 0 radical (unpaired) electrons. The number of nitriles is 1. The largest absolute Gasteiger partial charge is 0.462 e. The Labute approximate surface area is 96.1 Å². The summed E-state index contributed by atoms with van der Waals surface area (Å²) in [6.45, 7) is 3.89. The Kier molecular flexibility index (Phi) is 3.28. The zero-order valence-electron chi connectivity index (χ0n) is 9.39. The van der Waals surface area contributed by atoms with Gasteiger partial charge in [0.1, 0.15) is 0 Å². The highest BCUT2D eigenvalue weighted by Gasteiger charge is 2.46. The molecule has 2 aliphatic carbocycles. The van der Waals surface area contributed by atoms with Crippen LogP contribution in [0.15, 0.2) is 12.7 Å². The lowest BCUT2D eigenvalue weighted by Crippen LogP contribution is -2.24. The Morgan fingerprint density at radius 3 is 2.81 bits per heavy atom. The molecule has 2 fully saturated rings. The van der Waals surface area contributed by atoms with Crippen LogP contribution in [-0.4, -0.2) is 12.6 Å². The highest BCUT2D eigenvalue weighted by Crippen LogP contribution is 2.52. The summed E-state index contributed by atoms with van der Waals surface area (Å²) in [4.78, 5) is 11.0. The quantitative estimate of drug-likeness (QED) is 0.538. The van der Waals surface area contributed by atoms with E-state index in [2.05, 4.69) is 12.6 Å². The van der Waals surface area contributed by atoms with Gasteiger partial charge >= 0.3 is 5.97 Å². The van der Waals surface area contributed by atoms with E-state index in [0.29, 0.717) is 30.8 Å². The SMILES string of the molecule is C=CC(=O)OCC1CC2CC(CC#N)C1C2. The Bertz CT molecular complexity index is 331. The van der Waals surface area contributed by atoms with Gasteiger partial charge in [-0.25, -0.2) is 4.79 Å². The number of nitrogens with zero attached hydrogens (tertiary/aromatic N) is 1. The summed E-state index contributed by atoms with van der Waals surface area (Å²) in [7, 11) is 0. The first kappa shape index (κ1) is 11.2. The number of carbonyl (C=O) groups excluding carboxylic acids is 1. The van der Waals surface area contributed by atoms with E-state index < -0.39 is 0 Å². The summed E-state index contributed by atoms with van der Waals surface area (Å²) in [5.74, 6) is 2.04. The molecule has 2 bridgehead atoms. The van der Waals surface area contributed by atoms with Gasteiger partial charge in [-0.3, -0.25) is 0 Å². The van der Waals surface area contributed by atoms with Crippen molar-refractivity contribution in [1.82, 2.24) is 0 Å². The molecule has 4 unspecified atom stereocenters. The second-order valence-corrected chi connectivity index (χ2v) is 4.95. The van der Waals surface area contributed by atoms with Crippen LogP contribution in [0.1, 0.15) is 25.7 Å². The van der Waals surface area contributed by atoms with Crippen molar-refractivity contribution in [1.29, 1.82) is 5.26 Å². The van der Waals surface area contributed by atoms with Crippen molar-refractivity contribution in [2.45, 2.75) is 25.7 Å². The van der Waals surface area contributed by atoms with Crippen molar-refractivity contribution >= 4 is 5.97 Å². The van der Waals surface area contributed by atoms with Crippen LogP contribution in [0.2, 0.25) is 0 Å². The fourth-order valence-corrected chi connectivity index (χ4v) is 3.44. The molecule has 2 rings (SSSR count). The summed E-state index contributed by atoms with van der Waals surface area (Å²) in [5.41, 5.74) is 0. The molecule has 2 saturated carbocycles. The summed E-state index contributed by atoms with van der Waals surface area (Å²) >= 11 is 0. The van der Waals surface area contributed by atoms with Gasteiger partial charge in [0.2, 0.25) is 0 Å². The molecule has 0 heterocycles. The van der Waals surface area contributed by atoms with Crippen molar-refractivity contribution in [2.24, 2.45) is 23.7 Å². The van der Waals surface area contributed by atoms with Crippen molar-refractivity contribution in [3.8, 4) is 6.07 Å². The van der Waals surface area contributed by atoms with Crippen LogP contribution in [-0.2, 0) is 9.53 Å². The van der Waals surface area contributed by atoms with Gasteiger partial charge in [-0.15, -0.1) is 0 Å². The standard InChI is InChI=1S/C13H17NO2/c1-2-13(15)16-8-11-6-9-5-10(3-4-14)12(11)7-9/h2,9-12H,1,3,5-8H2. The monoisotopic (exact) mass is 219 g/mol. The van der Waals surface area contributed by atoms with E-state index in [0.717, 1.165) is 12.3 Å². The minimum Gasteiger partial charge on any atom is -0.462 e. The number of esters is 1. The van der Waals surface area contributed by atoms with Crippen LogP contribution < -0.4 is 0 Å². The lowest BCUT2D eigenvalue weighted by atomic mass is 9.79. The van der Waals surface area contributed by atoms with Crippen LogP contribution >= 0.6 is 0 Å².